The highest BCUT2D eigenvalue weighted by Gasteiger charge is 2.31. The molecule has 0 bridgehead atoms. The van der Waals surface area contributed by atoms with Crippen LogP contribution in [0, 0.1) is 5.92 Å². The first kappa shape index (κ1) is 23.1. The molecule has 1 N–H and O–H groups in total. The number of benzene rings is 2. The Hall–Kier alpha value is -3.04. The lowest BCUT2D eigenvalue weighted by molar-refractivity contribution is -0.122. The van der Waals surface area contributed by atoms with Gasteiger partial charge in [-0.3, -0.25) is 14.5 Å². The number of fused-ring (bicyclic) bond motifs is 1. The van der Waals surface area contributed by atoms with Crippen LogP contribution in [0.25, 0.3) is 6.08 Å². The molecule has 0 aromatic heterocycles. The van der Waals surface area contributed by atoms with Gasteiger partial charge < -0.3 is 19.5 Å². The third-order valence-electron chi connectivity index (χ3n) is 4.89. The van der Waals surface area contributed by atoms with E-state index in [2.05, 4.69) is 19.2 Å². The number of rotatable bonds is 8. The Morgan fingerprint density at radius 3 is 2.73 bits per heavy atom. The summed E-state index contributed by atoms with van der Waals surface area (Å²) < 4.78 is 16.8. The van der Waals surface area contributed by atoms with Crippen molar-refractivity contribution >= 4 is 46.2 Å². The molecule has 0 atom stereocenters. The molecular weight excluding hydrogens is 460 g/mol. The van der Waals surface area contributed by atoms with Crippen molar-refractivity contribution < 1.29 is 23.8 Å². The summed E-state index contributed by atoms with van der Waals surface area (Å²) in [5.41, 5.74) is 1.36. The molecule has 2 aliphatic rings. The average Bonchev–Trinajstić information content (AvgIpc) is 3.37. The number of thioether (sulfide) groups is 1. The van der Waals surface area contributed by atoms with Gasteiger partial charge in [-0.15, -0.1) is 0 Å². The number of carbonyl (C=O) groups excluding carboxylic acids is 2. The second-order valence-corrected chi connectivity index (χ2v) is 9.61. The first-order valence-electron chi connectivity index (χ1n) is 10.6. The van der Waals surface area contributed by atoms with Gasteiger partial charge in [0.1, 0.15) is 10.1 Å². The molecule has 0 aliphatic carbocycles. The van der Waals surface area contributed by atoms with Gasteiger partial charge in [-0.1, -0.05) is 43.9 Å². The lowest BCUT2D eigenvalue weighted by Crippen LogP contribution is -2.37. The summed E-state index contributed by atoms with van der Waals surface area (Å²) >= 11 is 6.62. The maximum Gasteiger partial charge on any atom is 0.266 e. The number of amides is 2. The Labute approximate surface area is 202 Å². The average molecular weight is 485 g/mol. The Bertz CT molecular complexity index is 1100. The Kier molecular flexibility index (Phi) is 7.20. The maximum atomic E-state index is 12.8. The summed E-state index contributed by atoms with van der Waals surface area (Å²) in [6, 6.07) is 12.5. The maximum absolute atomic E-state index is 12.8. The van der Waals surface area contributed by atoms with Crippen molar-refractivity contribution in [2.75, 3.05) is 26.5 Å². The first-order valence-corrected chi connectivity index (χ1v) is 11.8. The topological polar surface area (TPSA) is 77.1 Å². The number of ether oxygens (including phenoxy) is 3. The molecule has 7 nitrogen and oxygen atoms in total. The molecule has 0 saturated carbocycles. The minimum atomic E-state index is -0.216. The molecular formula is C24H24N2O5S2. The normalized spacial score (nSPS) is 16.1. The van der Waals surface area contributed by atoms with Crippen molar-refractivity contribution in [1.82, 2.24) is 10.2 Å². The number of nitrogens with one attached hydrogen (secondary N) is 1. The van der Waals surface area contributed by atoms with Gasteiger partial charge in [0.15, 0.2) is 11.5 Å². The number of thiocarbonyl (C=S) groups is 1. The van der Waals surface area contributed by atoms with Crippen molar-refractivity contribution in [3.63, 3.8) is 0 Å². The van der Waals surface area contributed by atoms with Crippen molar-refractivity contribution in [3.05, 3.63) is 58.5 Å². The van der Waals surface area contributed by atoms with Crippen LogP contribution in [0.3, 0.4) is 0 Å². The molecule has 0 radical (unpaired) electrons. The minimum Gasteiger partial charge on any atom is -0.493 e. The van der Waals surface area contributed by atoms with Crippen molar-refractivity contribution in [2.24, 2.45) is 5.92 Å². The van der Waals surface area contributed by atoms with E-state index in [1.165, 1.54) is 16.7 Å². The first-order chi connectivity index (χ1) is 15.9. The van der Waals surface area contributed by atoms with Crippen molar-refractivity contribution in [1.29, 1.82) is 0 Å². The SMILES string of the molecule is CC(C)COc1ccc(C(=O)NCCN2C(=O)/C(=C\c3ccc4c(c3)OCO4)SC2=S)cc1. The van der Waals surface area contributed by atoms with E-state index in [-0.39, 0.29) is 25.2 Å². The minimum absolute atomic E-state index is 0.177. The van der Waals surface area contributed by atoms with E-state index in [1.807, 2.05) is 18.2 Å². The van der Waals surface area contributed by atoms with E-state index in [0.29, 0.717) is 45.4 Å². The summed E-state index contributed by atoms with van der Waals surface area (Å²) in [6.45, 7) is 5.56. The van der Waals surface area contributed by atoms with Crippen LogP contribution in [-0.4, -0.2) is 47.5 Å². The third kappa shape index (κ3) is 5.66. The third-order valence-corrected chi connectivity index (χ3v) is 6.27. The van der Waals surface area contributed by atoms with Gasteiger partial charge in [-0.2, -0.15) is 0 Å². The number of hydrogen-bond acceptors (Lipinski definition) is 7. The molecule has 0 spiro atoms. The highest BCUT2D eigenvalue weighted by atomic mass is 32.2. The summed E-state index contributed by atoms with van der Waals surface area (Å²) in [6.07, 6.45) is 1.78. The fourth-order valence-corrected chi connectivity index (χ4v) is 4.50. The zero-order valence-electron chi connectivity index (χ0n) is 18.3. The molecule has 2 heterocycles. The predicted molar refractivity (Wildman–Crippen MR) is 132 cm³/mol. The molecule has 33 heavy (non-hydrogen) atoms. The van der Waals surface area contributed by atoms with Crippen LogP contribution in [-0.2, 0) is 4.79 Å². The molecule has 2 aromatic rings. The zero-order chi connectivity index (χ0) is 23.4. The van der Waals surface area contributed by atoms with Gasteiger partial charge in [-0.05, 0) is 54.0 Å². The van der Waals surface area contributed by atoms with Crippen LogP contribution in [0.4, 0.5) is 0 Å². The number of hydrogen-bond donors (Lipinski definition) is 1. The lowest BCUT2D eigenvalue weighted by Gasteiger charge is -2.15. The summed E-state index contributed by atoms with van der Waals surface area (Å²) in [4.78, 5) is 27.3. The molecule has 1 saturated heterocycles. The van der Waals surface area contributed by atoms with E-state index >= 15 is 0 Å². The Balaban J connectivity index is 1.30. The molecule has 4 rings (SSSR count). The fraction of sp³-hybridized carbons (Fsp3) is 0.292. The van der Waals surface area contributed by atoms with Crippen molar-refractivity contribution in [3.8, 4) is 17.2 Å². The molecule has 1 fully saturated rings. The van der Waals surface area contributed by atoms with Crippen molar-refractivity contribution in [2.45, 2.75) is 13.8 Å². The van der Waals surface area contributed by atoms with E-state index in [9.17, 15) is 9.59 Å². The van der Waals surface area contributed by atoms with Gasteiger partial charge in [0.2, 0.25) is 6.79 Å². The Morgan fingerprint density at radius 1 is 1.21 bits per heavy atom. The lowest BCUT2D eigenvalue weighted by atomic mass is 10.2. The Morgan fingerprint density at radius 2 is 1.97 bits per heavy atom. The largest absolute Gasteiger partial charge is 0.493 e. The van der Waals surface area contributed by atoms with Gasteiger partial charge in [0.25, 0.3) is 11.8 Å². The second kappa shape index (κ2) is 10.3. The summed E-state index contributed by atoms with van der Waals surface area (Å²) in [7, 11) is 0. The van der Waals surface area contributed by atoms with Crippen LogP contribution in [0.1, 0.15) is 29.8 Å². The molecule has 172 valence electrons. The van der Waals surface area contributed by atoms with E-state index in [4.69, 9.17) is 26.4 Å². The summed E-state index contributed by atoms with van der Waals surface area (Å²) in [5.74, 6) is 2.11. The van der Waals surface area contributed by atoms with Crippen LogP contribution in [0.5, 0.6) is 17.2 Å². The van der Waals surface area contributed by atoms with Gasteiger partial charge >= 0.3 is 0 Å². The second-order valence-electron chi connectivity index (χ2n) is 7.93. The smallest absolute Gasteiger partial charge is 0.266 e. The molecule has 2 aromatic carbocycles. The molecule has 9 heteroatoms. The quantitative estimate of drug-likeness (QED) is 0.447. The molecule has 0 unspecified atom stereocenters. The fourth-order valence-electron chi connectivity index (χ4n) is 3.20. The van der Waals surface area contributed by atoms with Crippen LogP contribution < -0.4 is 19.5 Å². The van der Waals surface area contributed by atoms with E-state index < -0.39 is 0 Å². The number of carbonyl (C=O) groups is 2. The summed E-state index contributed by atoms with van der Waals surface area (Å²) in [5, 5.41) is 2.84. The van der Waals surface area contributed by atoms with E-state index in [0.717, 1.165) is 11.3 Å². The van der Waals surface area contributed by atoms with Gasteiger partial charge in [0.05, 0.1) is 11.5 Å². The van der Waals surface area contributed by atoms with Crippen LogP contribution in [0.15, 0.2) is 47.4 Å². The van der Waals surface area contributed by atoms with Gasteiger partial charge in [0, 0.05) is 18.7 Å². The van der Waals surface area contributed by atoms with E-state index in [1.54, 1.807) is 30.3 Å². The van der Waals surface area contributed by atoms with Crippen LogP contribution in [0.2, 0.25) is 0 Å². The highest BCUT2D eigenvalue weighted by molar-refractivity contribution is 8.26. The zero-order valence-corrected chi connectivity index (χ0v) is 20.0. The monoisotopic (exact) mass is 484 g/mol. The van der Waals surface area contributed by atoms with Gasteiger partial charge in [-0.25, -0.2) is 0 Å². The molecule has 2 aliphatic heterocycles. The predicted octanol–water partition coefficient (Wildman–Crippen LogP) is 4.08. The molecule has 2 amide bonds. The van der Waals surface area contributed by atoms with Crippen LogP contribution >= 0.6 is 24.0 Å². The standard InChI is InChI=1S/C24H24N2O5S2/c1-15(2)13-29-18-6-4-17(5-7-18)22(27)25-9-10-26-23(28)21(33-24(26)32)12-16-3-8-19-20(11-16)31-14-30-19/h3-8,11-12,15H,9-10,13-14H2,1-2H3,(H,25,27)/b21-12+. The number of nitrogens with zero attached hydrogens (tertiary/aromatic N) is 1. The highest BCUT2D eigenvalue weighted by Crippen LogP contribution is 2.36.